The summed E-state index contributed by atoms with van der Waals surface area (Å²) >= 11 is 3.37. The predicted molar refractivity (Wildman–Crippen MR) is 77.0 cm³/mol. The van der Waals surface area contributed by atoms with Gasteiger partial charge in [-0.3, -0.25) is 9.48 Å². The fraction of sp³-hybridized carbons (Fsp3) is 0.286. The van der Waals surface area contributed by atoms with Crippen molar-refractivity contribution in [3.8, 4) is 0 Å². The number of nitrogens with one attached hydrogen (secondary N) is 1. The summed E-state index contributed by atoms with van der Waals surface area (Å²) in [5, 5.41) is 7.12. The molecule has 1 aromatic heterocycles. The first-order chi connectivity index (χ1) is 9.22. The molecule has 1 fully saturated rings. The van der Waals surface area contributed by atoms with Gasteiger partial charge in [0.25, 0.3) is 5.91 Å². The van der Waals surface area contributed by atoms with Crippen LogP contribution in [0.4, 0.5) is 5.69 Å². The standard InChI is InChI=1S/C14H14BrN3O/c15-13-4-2-1-3-12(13)14(19)17-11-7-16-18(9-11)8-10-5-6-10/h1-4,7,9-10H,5-6,8H2,(H,17,19). The smallest absolute Gasteiger partial charge is 0.256 e. The van der Waals surface area contributed by atoms with Crippen LogP contribution in [0.2, 0.25) is 0 Å². The van der Waals surface area contributed by atoms with Crippen molar-refractivity contribution in [3.63, 3.8) is 0 Å². The van der Waals surface area contributed by atoms with Crippen LogP contribution in [0.1, 0.15) is 23.2 Å². The maximum Gasteiger partial charge on any atom is 0.256 e. The minimum atomic E-state index is -0.126. The number of carbonyl (C=O) groups excluding carboxylic acids is 1. The number of hydrogen-bond acceptors (Lipinski definition) is 2. The number of nitrogens with zero attached hydrogens (tertiary/aromatic N) is 2. The largest absolute Gasteiger partial charge is 0.319 e. The van der Waals surface area contributed by atoms with Crippen LogP contribution < -0.4 is 5.32 Å². The third kappa shape index (κ3) is 3.04. The van der Waals surface area contributed by atoms with E-state index in [1.54, 1.807) is 12.3 Å². The van der Waals surface area contributed by atoms with E-state index >= 15 is 0 Å². The monoisotopic (exact) mass is 319 g/mol. The molecule has 1 amide bonds. The number of benzene rings is 1. The molecule has 3 rings (SSSR count). The van der Waals surface area contributed by atoms with Gasteiger partial charge in [0.15, 0.2) is 0 Å². The van der Waals surface area contributed by atoms with Crippen LogP contribution in [0.3, 0.4) is 0 Å². The van der Waals surface area contributed by atoms with E-state index in [1.807, 2.05) is 29.1 Å². The molecule has 98 valence electrons. The summed E-state index contributed by atoms with van der Waals surface area (Å²) in [5.41, 5.74) is 1.36. The van der Waals surface area contributed by atoms with E-state index < -0.39 is 0 Å². The molecule has 1 saturated carbocycles. The molecule has 0 radical (unpaired) electrons. The Balaban J connectivity index is 1.68. The molecular weight excluding hydrogens is 306 g/mol. The third-order valence-corrected chi connectivity index (χ3v) is 3.84. The quantitative estimate of drug-likeness (QED) is 0.939. The van der Waals surface area contributed by atoms with Gasteiger partial charge in [-0.15, -0.1) is 0 Å². The second-order valence-corrected chi connectivity index (χ2v) is 5.68. The molecule has 1 heterocycles. The highest BCUT2D eigenvalue weighted by molar-refractivity contribution is 9.10. The van der Waals surface area contributed by atoms with Gasteiger partial charge >= 0.3 is 0 Å². The lowest BCUT2D eigenvalue weighted by atomic mass is 10.2. The van der Waals surface area contributed by atoms with Crippen LogP contribution in [0.25, 0.3) is 0 Å². The van der Waals surface area contributed by atoms with Gasteiger partial charge in [-0.1, -0.05) is 12.1 Å². The first kappa shape index (κ1) is 12.4. The third-order valence-electron chi connectivity index (χ3n) is 3.15. The Labute approximate surface area is 119 Å². The zero-order chi connectivity index (χ0) is 13.2. The van der Waals surface area contributed by atoms with Crippen molar-refractivity contribution >= 4 is 27.5 Å². The zero-order valence-corrected chi connectivity index (χ0v) is 11.9. The highest BCUT2D eigenvalue weighted by Gasteiger charge is 2.22. The van der Waals surface area contributed by atoms with Crippen LogP contribution in [-0.2, 0) is 6.54 Å². The van der Waals surface area contributed by atoms with E-state index in [2.05, 4.69) is 26.3 Å². The van der Waals surface area contributed by atoms with Gasteiger partial charge in [0.1, 0.15) is 0 Å². The summed E-state index contributed by atoms with van der Waals surface area (Å²) in [6.07, 6.45) is 6.15. The summed E-state index contributed by atoms with van der Waals surface area (Å²) in [6, 6.07) is 7.37. The number of aromatic nitrogens is 2. The lowest BCUT2D eigenvalue weighted by molar-refractivity contribution is 0.102. The maximum absolute atomic E-state index is 12.1. The van der Waals surface area contributed by atoms with E-state index in [-0.39, 0.29) is 5.91 Å². The zero-order valence-electron chi connectivity index (χ0n) is 10.3. The number of anilines is 1. The van der Waals surface area contributed by atoms with Crippen molar-refractivity contribution in [1.82, 2.24) is 9.78 Å². The molecule has 0 atom stereocenters. The normalized spacial score (nSPS) is 14.4. The number of rotatable bonds is 4. The highest BCUT2D eigenvalue weighted by atomic mass is 79.9. The lowest BCUT2D eigenvalue weighted by Crippen LogP contribution is -2.12. The molecular formula is C14H14BrN3O. The highest BCUT2D eigenvalue weighted by Crippen LogP contribution is 2.30. The van der Waals surface area contributed by atoms with Crippen LogP contribution >= 0.6 is 15.9 Å². The predicted octanol–water partition coefficient (Wildman–Crippen LogP) is 3.31. The van der Waals surface area contributed by atoms with Gasteiger partial charge < -0.3 is 5.32 Å². The molecule has 2 aromatic rings. The SMILES string of the molecule is O=C(Nc1cnn(CC2CC2)c1)c1ccccc1Br. The van der Waals surface area contributed by atoms with E-state index in [4.69, 9.17) is 0 Å². The fourth-order valence-electron chi connectivity index (χ4n) is 1.94. The second-order valence-electron chi connectivity index (χ2n) is 4.83. The molecule has 4 nitrogen and oxygen atoms in total. The van der Waals surface area contributed by atoms with Gasteiger partial charge in [-0.05, 0) is 46.8 Å². The Hall–Kier alpha value is -1.62. The van der Waals surface area contributed by atoms with E-state index in [9.17, 15) is 4.79 Å². The van der Waals surface area contributed by atoms with Crippen LogP contribution in [0.15, 0.2) is 41.1 Å². The molecule has 0 spiro atoms. The van der Waals surface area contributed by atoms with Gasteiger partial charge in [0.2, 0.25) is 0 Å². The molecule has 1 aromatic carbocycles. The summed E-state index contributed by atoms with van der Waals surface area (Å²) in [5.74, 6) is 0.644. The Morgan fingerprint density at radius 3 is 2.95 bits per heavy atom. The Morgan fingerprint density at radius 1 is 1.42 bits per heavy atom. The summed E-state index contributed by atoms with van der Waals surface area (Å²) < 4.78 is 2.69. The number of hydrogen-bond donors (Lipinski definition) is 1. The van der Waals surface area contributed by atoms with Crippen LogP contribution in [0.5, 0.6) is 0 Å². The average Bonchev–Trinajstić information content (AvgIpc) is 3.09. The molecule has 0 unspecified atom stereocenters. The first-order valence-electron chi connectivity index (χ1n) is 6.31. The Kier molecular flexibility index (Phi) is 3.38. The molecule has 0 bridgehead atoms. The average molecular weight is 320 g/mol. The van der Waals surface area contributed by atoms with Gasteiger partial charge in [0.05, 0.1) is 17.4 Å². The van der Waals surface area contributed by atoms with Gasteiger partial charge in [-0.2, -0.15) is 5.10 Å². The summed E-state index contributed by atoms with van der Waals surface area (Å²) in [6.45, 7) is 0.949. The Morgan fingerprint density at radius 2 is 2.21 bits per heavy atom. The van der Waals surface area contributed by atoms with Crippen LogP contribution in [-0.4, -0.2) is 15.7 Å². The Bertz CT molecular complexity index is 604. The van der Waals surface area contributed by atoms with Crippen molar-refractivity contribution in [2.75, 3.05) is 5.32 Å². The minimum absolute atomic E-state index is 0.126. The van der Waals surface area contributed by atoms with Crippen LogP contribution in [0, 0.1) is 5.92 Å². The van der Waals surface area contributed by atoms with Crippen molar-refractivity contribution in [2.45, 2.75) is 19.4 Å². The number of halogens is 1. The number of carbonyl (C=O) groups is 1. The van der Waals surface area contributed by atoms with Crippen molar-refractivity contribution in [1.29, 1.82) is 0 Å². The fourth-order valence-corrected chi connectivity index (χ4v) is 2.40. The maximum atomic E-state index is 12.1. The van der Waals surface area contributed by atoms with Crippen molar-refractivity contribution in [3.05, 3.63) is 46.7 Å². The van der Waals surface area contributed by atoms with Crippen molar-refractivity contribution in [2.24, 2.45) is 5.92 Å². The van der Waals surface area contributed by atoms with E-state index in [0.29, 0.717) is 5.56 Å². The molecule has 1 N–H and O–H groups in total. The lowest BCUT2D eigenvalue weighted by Gasteiger charge is -2.04. The minimum Gasteiger partial charge on any atom is -0.319 e. The topological polar surface area (TPSA) is 46.9 Å². The molecule has 19 heavy (non-hydrogen) atoms. The molecule has 5 heteroatoms. The molecule has 1 aliphatic carbocycles. The number of amides is 1. The van der Waals surface area contributed by atoms with E-state index in [0.717, 1.165) is 22.6 Å². The molecule has 1 aliphatic rings. The van der Waals surface area contributed by atoms with Gasteiger partial charge in [0, 0.05) is 17.2 Å². The first-order valence-corrected chi connectivity index (χ1v) is 7.10. The van der Waals surface area contributed by atoms with E-state index in [1.165, 1.54) is 12.8 Å². The molecule has 0 aliphatic heterocycles. The molecule has 0 saturated heterocycles. The van der Waals surface area contributed by atoms with Gasteiger partial charge in [-0.25, -0.2) is 0 Å². The second kappa shape index (κ2) is 5.17. The van der Waals surface area contributed by atoms with Crippen molar-refractivity contribution < 1.29 is 4.79 Å². The summed E-state index contributed by atoms with van der Waals surface area (Å²) in [4.78, 5) is 12.1. The summed E-state index contributed by atoms with van der Waals surface area (Å²) in [7, 11) is 0.